The Labute approximate surface area is 110 Å². The third kappa shape index (κ3) is 3.07. The van der Waals surface area contributed by atoms with Crippen molar-refractivity contribution in [3.63, 3.8) is 0 Å². The number of thiophene rings is 1. The van der Waals surface area contributed by atoms with Gasteiger partial charge < -0.3 is 10.6 Å². The van der Waals surface area contributed by atoms with Gasteiger partial charge in [-0.25, -0.2) is 4.79 Å². The third-order valence-electron chi connectivity index (χ3n) is 2.42. The van der Waals surface area contributed by atoms with Gasteiger partial charge in [0.05, 0.1) is 10.6 Å². The molecular formula is C13H15N3OS. The first-order valence-corrected chi connectivity index (χ1v) is 6.68. The summed E-state index contributed by atoms with van der Waals surface area (Å²) < 4.78 is 0. The predicted molar refractivity (Wildman–Crippen MR) is 73.5 cm³/mol. The van der Waals surface area contributed by atoms with Crippen molar-refractivity contribution in [2.75, 3.05) is 6.54 Å². The maximum absolute atomic E-state index is 11.4. The maximum Gasteiger partial charge on any atom is 0.315 e. The van der Waals surface area contributed by atoms with E-state index in [9.17, 15) is 4.79 Å². The molecule has 0 aliphatic heterocycles. The van der Waals surface area contributed by atoms with Gasteiger partial charge in [-0.3, -0.25) is 4.98 Å². The van der Waals surface area contributed by atoms with Crippen LogP contribution in [0.15, 0.2) is 35.8 Å². The molecule has 0 bridgehead atoms. The lowest BCUT2D eigenvalue weighted by molar-refractivity contribution is 0.241. The summed E-state index contributed by atoms with van der Waals surface area (Å²) in [5.74, 6) is 0. The number of hydrogen-bond donors (Lipinski definition) is 2. The van der Waals surface area contributed by atoms with Crippen molar-refractivity contribution < 1.29 is 4.79 Å². The van der Waals surface area contributed by atoms with E-state index in [1.54, 1.807) is 17.5 Å². The van der Waals surface area contributed by atoms with Crippen LogP contribution in [-0.4, -0.2) is 17.6 Å². The molecule has 0 saturated heterocycles. The van der Waals surface area contributed by atoms with E-state index in [4.69, 9.17) is 0 Å². The zero-order valence-corrected chi connectivity index (χ0v) is 11.0. The van der Waals surface area contributed by atoms with Gasteiger partial charge >= 0.3 is 6.03 Å². The normalized spacial score (nSPS) is 10.1. The minimum absolute atomic E-state index is 0.154. The molecule has 2 amide bonds. The number of aromatic nitrogens is 1. The highest BCUT2D eigenvalue weighted by atomic mass is 32.1. The van der Waals surface area contributed by atoms with Crippen molar-refractivity contribution in [2.45, 2.75) is 13.5 Å². The molecule has 0 aliphatic rings. The molecule has 4 nitrogen and oxygen atoms in total. The molecule has 0 radical (unpaired) electrons. The molecule has 0 fully saturated rings. The number of carbonyl (C=O) groups is 1. The van der Waals surface area contributed by atoms with Gasteiger partial charge in [-0.1, -0.05) is 12.1 Å². The highest BCUT2D eigenvalue weighted by Crippen LogP contribution is 2.25. The second kappa shape index (κ2) is 6.16. The first-order valence-electron chi connectivity index (χ1n) is 5.80. The van der Waals surface area contributed by atoms with Gasteiger partial charge in [-0.2, -0.15) is 0 Å². The van der Waals surface area contributed by atoms with Gasteiger partial charge in [-0.05, 0) is 30.0 Å². The van der Waals surface area contributed by atoms with Gasteiger partial charge in [0.2, 0.25) is 0 Å². The summed E-state index contributed by atoms with van der Waals surface area (Å²) >= 11 is 1.64. The molecule has 0 unspecified atom stereocenters. The Kier molecular flexibility index (Phi) is 4.30. The number of rotatable bonds is 4. The summed E-state index contributed by atoms with van der Waals surface area (Å²) in [6.45, 7) is 2.99. The standard InChI is InChI=1S/C13H15N3OS/c1-2-14-13(17)16-9-10-5-3-7-15-12(10)11-6-4-8-18-11/h3-8H,2,9H2,1H3,(H2,14,16,17). The van der Waals surface area contributed by atoms with Crippen LogP contribution < -0.4 is 10.6 Å². The summed E-state index contributed by atoms with van der Waals surface area (Å²) in [6, 6.07) is 7.73. The molecule has 0 spiro atoms. The quantitative estimate of drug-likeness (QED) is 0.889. The van der Waals surface area contributed by atoms with Crippen LogP contribution in [0.25, 0.3) is 10.6 Å². The first kappa shape index (κ1) is 12.6. The van der Waals surface area contributed by atoms with Gasteiger partial charge in [0.1, 0.15) is 0 Å². The molecule has 2 aromatic heterocycles. The topological polar surface area (TPSA) is 54.0 Å². The number of pyridine rings is 1. The van der Waals surface area contributed by atoms with Crippen LogP contribution >= 0.6 is 11.3 Å². The van der Waals surface area contributed by atoms with Gasteiger partial charge in [-0.15, -0.1) is 11.3 Å². The summed E-state index contributed by atoms with van der Waals surface area (Å²) in [7, 11) is 0. The summed E-state index contributed by atoms with van der Waals surface area (Å²) in [5.41, 5.74) is 1.95. The van der Waals surface area contributed by atoms with Crippen molar-refractivity contribution in [1.29, 1.82) is 0 Å². The molecule has 0 saturated carbocycles. The molecule has 5 heteroatoms. The minimum atomic E-state index is -0.154. The van der Waals surface area contributed by atoms with E-state index < -0.39 is 0 Å². The van der Waals surface area contributed by atoms with E-state index in [-0.39, 0.29) is 6.03 Å². The Morgan fingerprint density at radius 2 is 2.22 bits per heavy atom. The summed E-state index contributed by atoms with van der Waals surface area (Å²) in [5, 5.41) is 7.54. The van der Waals surface area contributed by atoms with E-state index in [1.807, 2.05) is 36.6 Å². The van der Waals surface area contributed by atoms with Crippen molar-refractivity contribution in [2.24, 2.45) is 0 Å². The van der Waals surface area contributed by atoms with Crippen LogP contribution in [0.4, 0.5) is 4.79 Å². The Hall–Kier alpha value is -1.88. The molecular weight excluding hydrogens is 246 g/mol. The average molecular weight is 261 g/mol. The average Bonchev–Trinajstić information content (AvgIpc) is 2.91. The van der Waals surface area contributed by atoms with Crippen LogP contribution in [0.1, 0.15) is 12.5 Å². The number of amides is 2. The highest BCUT2D eigenvalue weighted by Gasteiger charge is 2.07. The molecule has 2 N–H and O–H groups in total. The van der Waals surface area contributed by atoms with E-state index in [2.05, 4.69) is 15.6 Å². The molecule has 0 aromatic carbocycles. The largest absolute Gasteiger partial charge is 0.338 e. The number of carbonyl (C=O) groups excluding carboxylic acids is 1. The molecule has 18 heavy (non-hydrogen) atoms. The van der Waals surface area contributed by atoms with Crippen molar-refractivity contribution in [3.05, 3.63) is 41.4 Å². The van der Waals surface area contributed by atoms with Crippen molar-refractivity contribution in [3.8, 4) is 10.6 Å². The second-order valence-corrected chi connectivity index (χ2v) is 4.65. The Balaban J connectivity index is 2.11. The smallest absolute Gasteiger partial charge is 0.315 e. The number of urea groups is 1. The Morgan fingerprint density at radius 1 is 1.33 bits per heavy atom. The summed E-state index contributed by atoms with van der Waals surface area (Å²) in [6.07, 6.45) is 1.77. The summed E-state index contributed by atoms with van der Waals surface area (Å²) in [4.78, 5) is 16.9. The molecule has 2 rings (SSSR count). The van der Waals surface area contributed by atoms with Crippen molar-refractivity contribution >= 4 is 17.4 Å². The lowest BCUT2D eigenvalue weighted by Gasteiger charge is -2.08. The van der Waals surface area contributed by atoms with Crippen LogP contribution in [-0.2, 0) is 6.54 Å². The second-order valence-electron chi connectivity index (χ2n) is 3.70. The number of hydrogen-bond acceptors (Lipinski definition) is 3. The lowest BCUT2D eigenvalue weighted by atomic mass is 10.1. The fourth-order valence-electron chi connectivity index (χ4n) is 1.61. The van der Waals surface area contributed by atoms with Crippen LogP contribution in [0, 0.1) is 0 Å². The third-order valence-corrected chi connectivity index (χ3v) is 3.30. The number of nitrogens with zero attached hydrogens (tertiary/aromatic N) is 1. The Bertz CT molecular complexity index is 511. The highest BCUT2D eigenvalue weighted by molar-refractivity contribution is 7.13. The van der Waals surface area contributed by atoms with Crippen LogP contribution in [0.5, 0.6) is 0 Å². The maximum atomic E-state index is 11.4. The monoisotopic (exact) mass is 261 g/mol. The van der Waals surface area contributed by atoms with Crippen LogP contribution in [0.2, 0.25) is 0 Å². The van der Waals surface area contributed by atoms with Gasteiger partial charge in [0.15, 0.2) is 0 Å². The SMILES string of the molecule is CCNC(=O)NCc1cccnc1-c1cccs1. The fourth-order valence-corrected chi connectivity index (χ4v) is 2.37. The molecule has 94 valence electrons. The molecule has 0 aliphatic carbocycles. The van der Waals surface area contributed by atoms with Crippen molar-refractivity contribution in [1.82, 2.24) is 15.6 Å². The predicted octanol–water partition coefficient (Wildman–Crippen LogP) is 2.63. The number of nitrogens with one attached hydrogen (secondary N) is 2. The van der Waals surface area contributed by atoms with Gasteiger partial charge in [0.25, 0.3) is 0 Å². The Morgan fingerprint density at radius 3 is 2.94 bits per heavy atom. The van der Waals surface area contributed by atoms with E-state index >= 15 is 0 Å². The first-order chi connectivity index (χ1) is 8.81. The zero-order chi connectivity index (χ0) is 12.8. The molecule has 0 atom stereocenters. The lowest BCUT2D eigenvalue weighted by Crippen LogP contribution is -2.34. The fraction of sp³-hybridized carbons (Fsp3) is 0.231. The van der Waals surface area contributed by atoms with E-state index in [0.717, 1.165) is 16.1 Å². The van der Waals surface area contributed by atoms with E-state index in [1.165, 1.54) is 0 Å². The zero-order valence-electron chi connectivity index (χ0n) is 10.1. The molecule has 2 aromatic rings. The molecule has 2 heterocycles. The van der Waals surface area contributed by atoms with E-state index in [0.29, 0.717) is 13.1 Å². The van der Waals surface area contributed by atoms with Gasteiger partial charge in [0, 0.05) is 19.3 Å². The van der Waals surface area contributed by atoms with Crippen LogP contribution in [0.3, 0.4) is 0 Å². The minimum Gasteiger partial charge on any atom is -0.338 e.